The van der Waals surface area contributed by atoms with E-state index in [1.54, 1.807) is 24.3 Å². The lowest BCUT2D eigenvalue weighted by atomic mass is 10.3. The standard InChI is InChI=1S/C14H12ClFN2O2S/c15-9-1-4-11(5-2-9)18-14(19)8-21(20)13-6-3-10(16)7-12(13)17/h1-7H,8,17H2,(H,18,19). The Kier molecular flexibility index (Phi) is 4.93. The average molecular weight is 327 g/mol. The zero-order valence-corrected chi connectivity index (χ0v) is 12.4. The number of nitrogen functional groups attached to an aromatic ring is 1. The lowest BCUT2D eigenvalue weighted by Crippen LogP contribution is -2.20. The van der Waals surface area contributed by atoms with Gasteiger partial charge in [-0.3, -0.25) is 9.00 Å². The summed E-state index contributed by atoms with van der Waals surface area (Å²) in [6, 6.07) is 10.1. The lowest BCUT2D eigenvalue weighted by Gasteiger charge is -2.07. The van der Waals surface area contributed by atoms with Crippen molar-refractivity contribution < 1.29 is 13.4 Å². The zero-order chi connectivity index (χ0) is 15.4. The van der Waals surface area contributed by atoms with Crippen LogP contribution in [0.5, 0.6) is 0 Å². The summed E-state index contributed by atoms with van der Waals surface area (Å²) in [5, 5.41) is 3.15. The average Bonchev–Trinajstić information content (AvgIpc) is 2.41. The fraction of sp³-hybridized carbons (Fsp3) is 0.0714. The molecule has 0 radical (unpaired) electrons. The monoisotopic (exact) mass is 326 g/mol. The van der Waals surface area contributed by atoms with E-state index in [-0.39, 0.29) is 16.3 Å². The van der Waals surface area contributed by atoms with E-state index >= 15 is 0 Å². The Hall–Kier alpha value is -1.92. The van der Waals surface area contributed by atoms with Gasteiger partial charge < -0.3 is 11.1 Å². The number of anilines is 2. The molecule has 0 aromatic heterocycles. The van der Waals surface area contributed by atoms with Gasteiger partial charge in [0.1, 0.15) is 11.6 Å². The normalized spacial score (nSPS) is 11.9. The molecule has 2 aromatic carbocycles. The zero-order valence-electron chi connectivity index (χ0n) is 10.8. The third kappa shape index (κ3) is 4.27. The van der Waals surface area contributed by atoms with Gasteiger partial charge in [0.15, 0.2) is 0 Å². The molecule has 0 aliphatic rings. The smallest absolute Gasteiger partial charge is 0.237 e. The molecule has 1 amide bonds. The molecule has 1 atom stereocenters. The van der Waals surface area contributed by atoms with Crippen molar-refractivity contribution in [1.82, 2.24) is 0 Å². The minimum absolute atomic E-state index is 0.0626. The van der Waals surface area contributed by atoms with Crippen molar-refractivity contribution in [3.63, 3.8) is 0 Å². The highest BCUT2D eigenvalue weighted by Gasteiger charge is 2.13. The minimum atomic E-state index is -1.64. The predicted octanol–water partition coefficient (Wildman–Crippen LogP) is 2.81. The van der Waals surface area contributed by atoms with Crippen molar-refractivity contribution in [2.45, 2.75) is 4.90 Å². The largest absolute Gasteiger partial charge is 0.398 e. The van der Waals surface area contributed by atoms with Gasteiger partial charge in [0.25, 0.3) is 0 Å². The van der Waals surface area contributed by atoms with Gasteiger partial charge in [-0.1, -0.05) is 11.6 Å². The third-order valence-corrected chi connectivity index (χ3v) is 4.25. The first-order valence-electron chi connectivity index (χ1n) is 5.94. The summed E-state index contributed by atoms with van der Waals surface area (Å²) >= 11 is 5.74. The van der Waals surface area contributed by atoms with E-state index in [1.807, 2.05) is 0 Å². The Bertz CT molecular complexity index is 692. The van der Waals surface area contributed by atoms with E-state index in [0.717, 1.165) is 12.1 Å². The number of nitrogens with one attached hydrogen (secondary N) is 1. The van der Waals surface area contributed by atoms with Gasteiger partial charge >= 0.3 is 0 Å². The van der Waals surface area contributed by atoms with E-state index in [0.29, 0.717) is 10.7 Å². The van der Waals surface area contributed by atoms with E-state index in [1.165, 1.54) is 6.07 Å². The van der Waals surface area contributed by atoms with Gasteiger partial charge in [0.2, 0.25) is 5.91 Å². The van der Waals surface area contributed by atoms with Crippen LogP contribution in [-0.2, 0) is 15.6 Å². The molecule has 3 N–H and O–H groups in total. The van der Waals surface area contributed by atoms with Crippen LogP contribution in [-0.4, -0.2) is 15.9 Å². The van der Waals surface area contributed by atoms with Gasteiger partial charge in [0, 0.05) is 10.7 Å². The molecule has 0 aliphatic carbocycles. The molecule has 0 saturated heterocycles. The first-order chi connectivity index (χ1) is 9.95. The van der Waals surface area contributed by atoms with Crippen molar-refractivity contribution in [2.75, 3.05) is 16.8 Å². The number of nitrogens with two attached hydrogens (primary N) is 1. The highest BCUT2D eigenvalue weighted by Crippen LogP contribution is 2.18. The molecule has 2 aromatic rings. The topological polar surface area (TPSA) is 72.2 Å². The van der Waals surface area contributed by atoms with E-state index in [2.05, 4.69) is 5.32 Å². The van der Waals surface area contributed by atoms with Gasteiger partial charge in [-0.25, -0.2) is 4.39 Å². The molecule has 7 heteroatoms. The van der Waals surface area contributed by atoms with Crippen molar-refractivity contribution in [3.8, 4) is 0 Å². The number of rotatable bonds is 4. The van der Waals surface area contributed by atoms with Crippen LogP contribution in [0.15, 0.2) is 47.4 Å². The summed E-state index contributed by atoms with van der Waals surface area (Å²) in [6.07, 6.45) is 0. The maximum Gasteiger partial charge on any atom is 0.237 e. The number of hydrogen-bond donors (Lipinski definition) is 2. The van der Waals surface area contributed by atoms with E-state index < -0.39 is 22.5 Å². The molecule has 21 heavy (non-hydrogen) atoms. The van der Waals surface area contributed by atoms with E-state index in [4.69, 9.17) is 17.3 Å². The number of halogens is 2. The summed E-state index contributed by atoms with van der Waals surface area (Å²) in [4.78, 5) is 12.0. The second kappa shape index (κ2) is 6.69. The highest BCUT2D eigenvalue weighted by molar-refractivity contribution is 7.86. The molecule has 2 rings (SSSR count). The predicted molar refractivity (Wildman–Crippen MR) is 82.2 cm³/mol. The van der Waals surface area contributed by atoms with Crippen molar-refractivity contribution >= 4 is 39.7 Å². The Labute approximate surface area is 128 Å². The summed E-state index contributed by atoms with van der Waals surface area (Å²) < 4.78 is 25.0. The highest BCUT2D eigenvalue weighted by atomic mass is 35.5. The molecule has 0 heterocycles. The summed E-state index contributed by atoms with van der Waals surface area (Å²) in [6.45, 7) is 0. The maximum absolute atomic E-state index is 12.9. The number of carbonyl (C=O) groups excluding carboxylic acids is 1. The molecular weight excluding hydrogens is 315 g/mol. The maximum atomic E-state index is 12.9. The van der Waals surface area contributed by atoms with Crippen LogP contribution < -0.4 is 11.1 Å². The van der Waals surface area contributed by atoms with Crippen LogP contribution in [0.25, 0.3) is 0 Å². The number of carbonyl (C=O) groups is 1. The second-order valence-corrected chi connectivity index (χ2v) is 6.08. The second-order valence-electron chi connectivity index (χ2n) is 4.23. The van der Waals surface area contributed by atoms with Gasteiger partial charge in [-0.2, -0.15) is 0 Å². The Morgan fingerprint density at radius 1 is 1.24 bits per heavy atom. The van der Waals surface area contributed by atoms with Crippen LogP contribution in [0.4, 0.5) is 15.8 Å². The molecule has 1 unspecified atom stereocenters. The number of benzene rings is 2. The molecule has 4 nitrogen and oxygen atoms in total. The Morgan fingerprint density at radius 2 is 1.90 bits per heavy atom. The van der Waals surface area contributed by atoms with Crippen LogP contribution >= 0.6 is 11.6 Å². The van der Waals surface area contributed by atoms with Gasteiger partial charge in [0.05, 0.1) is 21.4 Å². The summed E-state index contributed by atoms with van der Waals surface area (Å²) in [7, 11) is -1.64. The SMILES string of the molecule is Nc1cc(F)ccc1S(=O)CC(=O)Nc1ccc(Cl)cc1. The van der Waals surface area contributed by atoms with Crippen LogP contribution in [0.3, 0.4) is 0 Å². The molecular formula is C14H12ClFN2O2S. The van der Waals surface area contributed by atoms with Crippen molar-refractivity contribution in [2.24, 2.45) is 0 Å². The van der Waals surface area contributed by atoms with Crippen LogP contribution in [0, 0.1) is 5.82 Å². The van der Waals surface area contributed by atoms with Crippen LogP contribution in [0.2, 0.25) is 5.02 Å². The summed E-state index contributed by atoms with van der Waals surface area (Å²) in [5.74, 6) is -1.21. The molecule has 0 fully saturated rings. The Morgan fingerprint density at radius 3 is 2.52 bits per heavy atom. The minimum Gasteiger partial charge on any atom is -0.398 e. The van der Waals surface area contributed by atoms with Gasteiger partial charge in [-0.05, 0) is 42.5 Å². The molecule has 110 valence electrons. The summed E-state index contributed by atoms with van der Waals surface area (Å²) in [5.41, 5.74) is 6.20. The van der Waals surface area contributed by atoms with Crippen molar-refractivity contribution in [3.05, 3.63) is 53.3 Å². The third-order valence-electron chi connectivity index (χ3n) is 2.61. The Balaban J connectivity index is 2.02. The lowest BCUT2D eigenvalue weighted by molar-refractivity contribution is -0.113. The molecule has 0 bridgehead atoms. The number of amides is 1. The van der Waals surface area contributed by atoms with Gasteiger partial charge in [-0.15, -0.1) is 0 Å². The van der Waals surface area contributed by atoms with Crippen LogP contribution in [0.1, 0.15) is 0 Å². The first kappa shape index (κ1) is 15.5. The van der Waals surface area contributed by atoms with Crippen molar-refractivity contribution in [1.29, 1.82) is 0 Å². The quantitative estimate of drug-likeness (QED) is 0.849. The molecule has 0 aliphatic heterocycles. The molecule has 0 spiro atoms. The number of hydrogen-bond acceptors (Lipinski definition) is 3. The fourth-order valence-electron chi connectivity index (χ4n) is 1.65. The first-order valence-corrected chi connectivity index (χ1v) is 7.64. The van der Waals surface area contributed by atoms with E-state index in [9.17, 15) is 13.4 Å². The molecule has 0 saturated carbocycles. The fourth-order valence-corrected chi connectivity index (χ4v) is 2.79.